The Kier molecular flexibility index (Phi) is 6.01. The number of anilines is 3. The van der Waals surface area contributed by atoms with E-state index in [1.807, 2.05) is 6.92 Å². The Bertz CT molecular complexity index is 838. The van der Waals surface area contributed by atoms with E-state index in [1.165, 1.54) is 32.2 Å². The third-order valence-electron chi connectivity index (χ3n) is 4.67. The third kappa shape index (κ3) is 4.42. The van der Waals surface area contributed by atoms with Gasteiger partial charge in [-0.3, -0.25) is 0 Å². The van der Waals surface area contributed by atoms with E-state index < -0.39 is 5.97 Å². The zero-order chi connectivity index (χ0) is 19.4. The third-order valence-corrected chi connectivity index (χ3v) is 4.95. The van der Waals surface area contributed by atoms with Gasteiger partial charge in [0, 0.05) is 11.7 Å². The predicted molar refractivity (Wildman–Crippen MR) is 105 cm³/mol. The maximum Gasteiger partial charge on any atom is 0.341 e. The summed E-state index contributed by atoms with van der Waals surface area (Å²) in [4.78, 5) is 20.6. The number of nitrogens with one attached hydrogen (secondary N) is 2. The molecule has 1 aromatic carbocycles. The summed E-state index contributed by atoms with van der Waals surface area (Å²) < 4.78 is 4.75. The number of aromatic nitrogens is 2. The van der Waals surface area contributed by atoms with Crippen molar-refractivity contribution in [3.05, 3.63) is 34.5 Å². The van der Waals surface area contributed by atoms with Gasteiger partial charge in [0.25, 0.3) is 0 Å². The van der Waals surface area contributed by atoms with Gasteiger partial charge < -0.3 is 20.5 Å². The average molecular weight is 391 g/mol. The molecule has 0 aliphatic heterocycles. The summed E-state index contributed by atoms with van der Waals surface area (Å²) in [5.41, 5.74) is 1.30. The first-order chi connectivity index (χ1) is 13.0. The number of carbonyl (C=O) groups is 1. The molecule has 0 spiro atoms. The van der Waals surface area contributed by atoms with Crippen molar-refractivity contribution in [1.29, 1.82) is 0 Å². The standard InChI is InChI=1S/C19H23ClN4O3/c1-3-11-8-13(9-14(16(11)25)18(26)27-2)23-19-21-10-15(20)17(24-19)22-12-6-4-5-7-12/h8-10,12,25H,3-7H2,1-2H3,(H2,21,22,23,24). The number of nitrogens with zero attached hydrogens (tertiary/aromatic N) is 2. The summed E-state index contributed by atoms with van der Waals surface area (Å²) in [6, 6.07) is 3.64. The number of halogens is 1. The number of carbonyl (C=O) groups excluding carboxylic acids is 1. The van der Waals surface area contributed by atoms with Crippen LogP contribution in [0, 0.1) is 0 Å². The number of esters is 1. The Morgan fingerprint density at radius 3 is 2.78 bits per heavy atom. The van der Waals surface area contributed by atoms with Crippen LogP contribution in [0.5, 0.6) is 5.75 Å². The molecular formula is C19H23ClN4O3. The summed E-state index contributed by atoms with van der Waals surface area (Å²) in [6.45, 7) is 1.89. The molecule has 1 aromatic heterocycles. The van der Waals surface area contributed by atoms with Crippen molar-refractivity contribution in [2.24, 2.45) is 0 Å². The molecule has 1 fully saturated rings. The summed E-state index contributed by atoms with van der Waals surface area (Å²) >= 11 is 6.22. The molecule has 1 heterocycles. The number of aryl methyl sites for hydroxylation is 1. The molecule has 144 valence electrons. The van der Waals surface area contributed by atoms with Gasteiger partial charge in [-0.15, -0.1) is 0 Å². The van der Waals surface area contributed by atoms with Gasteiger partial charge in [0.2, 0.25) is 5.95 Å². The Morgan fingerprint density at radius 2 is 2.11 bits per heavy atom. The van der Waals surface area contributed by atoms with E-state index in [0.717, 1.165) is 12.8 Å². The van der Waals surface area contributed by atoms with Gasteiger partial charge in [-0.2, -0.15) is 4.98 Å². The molecule has 1 aliphatic carbocycles. The molecule has 1 saturated carbocycles. The normalized spacial score (nSPS) is 14.2. The maximum atomic E-state index is 11.9. The number of phenolic OH excluding ortho intramolecular Hbond substituents is 1. The maximum absolute atomic E-state index is 11.9. The van der Waals surface area contributed by atoms with Crippen LogP contribution in [0.15, 0.2) is 18.3 Å². The van der Waals surface area contributed by atoms with E-state index in [-0.39, 0.29) is 11.3 Å². The largest absolute Gasteiger partial charge is 0.507 e. The molecule has 0 atom stereocenters. The first-order valence-corrected chi connectivity index (χ1v) is 9.40. The van der Waals surface area contributed by atoms with E-state index in [0.29, 0.717) is 40.5 Å². The van der Waals surface area contributed by atoms with Gasteiger partial charge in [-0.05, 0) is 37.0 Å². The highest BCUT2D eigenvalue weighted by Crippen LogP contribution is 2.31. The quantitative estimate of drug-likeness (QED) is 0.500. The molecule has 7 nitrogen and oxygen atoms in total. The van der Waals surface area contributed by atoms with Crippen LogP contribution in [0.4, 0.5) is 17.5 Å². The van der Waals surface area contributed by atoms with Crippen molar-refractivity contribution in [3.63, 3.8) is 0 Å². The molecular weight excluding hydrogens is 368 g/mol. The van der Waals surface area contributed by atoms with Crippen LogP contribution >= 0.6 is 11.6 Å². The molecule has 1 aliphatic rings. The Labute approximate surface area is 163 Å². The molecule has 0 bridgehead atoms. The minimum Gasteiger partial charge on any atom is -0.507 e. The number of aromatic hydroxyl groups is 1. The van der Waals surface area contributed by atoms with E-state index in [9.17, 15) is 9.90 Å². The van der Waals surface area contributed by atoms with E-state index in [1.54, 1.807) is 6.07 Å². The van der Waals surface area contributed by atoms with Crippen LogP contribution in [0.1, 0.15) is 48.5 Å². The topological polar surface area (TPSA) is 96.4 Å². The molecule has 0 amide bonds. The second-order valence-corrected chi connectivity index (χ2v) is 6.92. The van der Waals surface area contributed by atoms with Crippen molar-refractivity contribution in [1.82, 2.24) is 9.97 Å². The SMILES string of the molecule is CCc1cc(Nc2ncc(Cl)c(NC3CCCC3)n2)cc(C(=O)OC)c1O. The lowest BCUT2D eigenvalue weighted by Crippen LogP contribution is -2.16. The fourth-order valence-corrected chi connectivity index (χ4v) is 3.37. The fourth-order valence-electron chi connectivity index (χ4n) is 3.22. The van der Waals surface area contributed by atoms with Gasteiger partial charge in [0.1, 0.15) is 16.3 Å². The van der Waals surface area contributed by atoms with Crippen molar-refractivity contribution < 1.29 is 14.6 Å². The lowest BCUT2D eigenvalue weighted by Gasteiger charge is -2.15. The fraction of sp³-hybridized carbons (Fsp3) is 0.421. The Morgan fingerprint density at radius 1 is 1.37 bits per heavy atom. The zero-order valence-electron chi connectivity index (χ0n) is 15.4. The van der Waals surface area contributed by atoms with Gasteiger partial charge in [-0.1, -0.05) is 31.4 Å². The highest BCUT2D eigenvalue weighted by molar-refractivity contribution is 6.32. The monoisotopic (exact) mass is 390 g/mol. The van der Waals surface area contributed by atoms with Gasteiger partial charge in [0.05, 0.1) is 13.3 Å². The number of hydrogen-bond acceptors (Lipinski definition) is 7. The highest BCUT2D eigenvalue weighted by atomic mass is 35.5. The van der Waals surface area contributed by atoms with Crippen LogP contribution in [0.25, 0.3) is 0 Å². The second kappa shape index (κ2) is 8.43. The van der Waals surface area contributed by atoms with Crippen LogP contribution < -0.4 is 10.6 Å². The van der Waals surface area contributed by atoms with Crippen molar-refractivity contribution >= 4 is 35.0 Å². The highest BCUT2D eigenvalue weighted by Gasteiger charge is 2.19. The van der Waals surface area contributed by atoms with E-state index >= 15 is 0 Å². The minimum absolute atomic E-state index is 0.0736. The van der Waals surface area contributed by atoms with Crippen LogP contribution in [0.3, 0.4) is 0 Å². The number of ether oxygens (including phenoxy) is 1. The van der Waals surface area contributed by atoms with Gasteiger partial charge in [0.15, 0.2) is 5.82 Å². The molecule has 8 heteroatoms. The summed E-state index contributed by atoms with van der Waals surface area (Å²) in [6.07, 6.45) is 6.70. The molecule has 3 rings (SSSR count). The Hall–Kier alpha value is -2.54. The second-order valence-electron chi connectivity index (χ2n) is 6.52. The molecule has 3 N–H and O–H groups in total. The van der Waals surface area contributed by atoms with Crippen molar-refractivity contribution in [2.45, 2.75) is 45.1 Å². The molecule has 27 heavy (non-hydrogen) atoms. The molecule has 2 aromatic rings. The lowest BCUT2D eigenvalue weighted by atomic mass is 10.1. The molecule has 0 saturated heterocycles. The number of rotatable bonds is 6. The number of benzene rings is 1. The minimum atomic E-state index is -0.605. The molecule has 0 radical (unpaired) electrons. The van der Waals surface area contributed by atoms with Crippen molar-refractivity contribution in [2.75, 3.05) is 17.7 Å². The van der Waals surface area contributed by atoms with Gasteiger partial charge in [-0.25, -0.2) is 9.78 Å². The predicted octanol–water partition coefficient (Wildman–Crippen LogP) is 4.28. The summed E-state index contributed by atoms with van der Waals surface area (Å²) in [5, 5.41) is 17.1. The number of methoxy groups -OCH3 is 1. The lowest BCUT2D eigenvalue weighted by molar-refractivity contribution is 0.0597. The number of hydrogen-bond donors (Lipinski definition) is 3. The first kappa shape index (κ1) is 19.2. The zero-order valence-corrected chi connectivity index (χ0v) is 16.1. The number of phenols is 1. The molecule has 0 unspecified atom stereocenters. The smallest absolute Gasteiger partial charge is 0.341 e. The van der Waals surface area contributed by atoms with Crippen LogP contribution in [-0.2, 0) is 11.2 Å². The average Bonchev–Trinajstić information content (AvgIpc) is 3.18. The first-order valence-electron chi connectivity index (χ1n) is 9.02. The van der Waals surface area contributed by atoms with Crippen LogP contribution in [-0.4, -0.2) is 34.2 Å². The van der Waals surface area contributed by atoms with E-state index in [2.05, 4.69) is 20.6 Å². The van der Waals surface area contributed by atoms with E-state index in [4.69, 9.17) is 16.3 Å². The summed E-state index contributed by atoms with van der Waals surface area (Å²) in [7, 11) is 1.27. The van der Waals surface area contributed by atoms with Crippen LogP contribution in [0.2, 0.25) is 5.02 Å². The van der Waals surface area contributed by atoms with Crippen molar-refractivity contribution in [3.8, 4) is 5.75 Å². The summed E-state index contributed by atoms with van der Waals surface area (Å²) in [5.74, 6) is 0.259. The Balaban J connectivity index is 1.87. The van der Waals surface area contributed by atoms with Gasteiger partial charge >= 0.3 is 5.97 Å².